The van der Waals surface area contributed by atoms with Crippen molar-refractivity contribution in [1.82, 2.24) is 20.2 Å². The minimum atomic E-state index is 0.499. The van der Waals surface area contributed by atoms with E-state index in [9.17, 15) is 0 Å². The third-order valence-electron chi connectivity index (χ3n) is 2.69. The largest absolute Gasteiger partial charge is 0.398 e. The molecule has 5 nitrogen and oxygen atoms in total. The first-order valence-corrected chi connectivity index (χ1v) is 5.71. The number of tetrazole rings is 1. The number of hydrogen-bond acceptors (Lipinski definition) is 4. The highest BCUT2D eigenvalue weighted by Gasteiger charge is 2.13. The molecule has 0 aliphatic rings. The summed E-state index contributed by atoms with van der Waals surface area (Å²) in [7, 11) is 0. The zero-order valence-corrected chi connectivity index (χ0v) is 10.4. The van der Waals surface area contributed by atoms with Crippen LogP contribution in [0.2, 0.25) is 0 Å². The van der Waals surface area contributed by atoms with Crippen molar-refractivity contribution in [2.24, 2.45) is 5.92 Å². The number of nitrogens with two attached hydrogens (primary N) is 1. The maximum absolute atomic E-state index is 5.90. The van der Waals surface area contributed by atoms with Gasteiger partial charge in [0.2, 0.25) is 0 Å². The van der Waals surface area contributed by atoms with Crippen molar-refractivity contribution in [3.63, 3.8) is 0 Å². The smallest absolute Gasteiger partial charge is 0.182 e. The molecule has 17 heavy (non-hydrogen) atoms. The molecular weight excluding hydrogens is 214 g/mol. The van der Waals surface area contributed by atoms with Gasteiger partial charge >= 0.3 is 0 Å². The molecule has 0 aliphatic carbocycles. The fourth-order valence-electron chi connectivity index (χ4n) is 1.76. The SMILES string of the molecule is Cc1c(N)cccc1-c1nnnn1CC(C)C. The Kier molecular flexibility index (Phi) is 3.08. The van der Waals surface area contributed by atoms with Gasteiger partial charge in [0.05, 0.1) is 0 Å². The summed E-state index contributed by atoms with van der Waals surface area (Å²) in [6.45, 7) is 7.06. The topological polar surface area (TPSA) is 69.6 Å². The standard InChI is InChI=1S/C12H17N5/c1-8(2)7-17-12(14-15-16-17)10-5-4-6-11(13)9(10)3/h4-6,8H,7,13H2,1-3H3. The zero-order chi connectivity index (χ0) is 12.4. The van der Waals surface area contributed by atoms with Crippen molar-refractivity contribution in [1.29, 1.82) is 0 Å². The summed E-state index contributed by atoms with van der Waals surface area (Å²) in [5.74, 6) is 1.28. The third-order valence-corrected chi connectivity index (χ3v) is 2.69. The lowest BCUT2D eigenvalue weighted by Crippen LogP contribution is -2.08. The molecular formula is C12H17N5. The molecule has 0 amide bonds. The average Bonchev–Trinajstić information content (AvgIpc) is 2.69. The summed E-state index contributed by atoms with van der Waals surface area (Å²) >= 11 is 0. The number of aromatic nitrogens is 4. The van der Waals surface area contributed by atoms with Crippen LogP contribution in [-0.4, -0.2) is 20.2 Å². The van der Waals surface area contributed by atoms with Crippen LogP contribution in [0.1, 0.15) is 19.4 Å². The van der Waals surface area contributed by atoms with Gasteiger partial charge in [-0.3, -0.25) is 0 Å². The van der Waals surface area contributed by atoms with Gasteiger partial charge in [-0.1, -0.05) is 26.0 Å². The molecule has 1 heterocycles. The summed E-state index contributed by atoms with van der Waals surface area (Å²) in [5.41, 5.74) is 8.68. The molecule has 0 aliphatic heterocycles. The molecule has 0 saturated carbocycles. The van der Waals surface area contributed by atoms with Gasteiger partial charge in [0.1, 0.15) is 0 Å². The van der Waals surface area contributed by atoms with Crippen LogP contribution in [0, 0.1) is 12.8 Å². The number of benzene rings is 1. The van der Waals surface area contributed by atoms with E-state index in [1.54, 1.807) is 0 Å². The molecule has 0 radical (unpaired) electrons. The minimum Gasteiger partial charge on any atom is -0.398 e. The highest BCUT2D eigenvalue weighted by molar-refractivity contribution is 5.67. The van der Waals surface area contributed by atoms with Gasteiger partial charge < -0.3 is 5.73 Å². The normalized spacial score (nSPS) is 11.1. The Balaban J connectivity index is 2.46. The molecule has 0 saturated heterocycles. The summed E-state index contributed by atoms with van der Waals surface area (Å²) in [4.78, 5) is 0. The van der Waals surface area contributed by atoms with E-state index in [0.29, 0.717) is 5.92 Å². The van der Waals surface area contributed by atoms with Crippen LogP contribution in [0.3, 0.4) is 0 Å². The van der Waals surface area contributed by atoms with E-state index in [1.165, 1.54) is 0 Å². The lowest BCUT2D eigenvalue weighted by molar-refractivity contribution is 0.475. The van der Waals surface area contributed by atoms with Crippen molar-refractivity contribution in [3.05, 3.63) is 23.8 Å². The lowest BCUT2D eigenvalue weighted by atomic mass is 10.1. The van der Waals surface area contributed by atoms with Crippen LogP contribution in [0.5, 0.6) is 0 Å². The molecule has 0 unspecified atom stereocenters. The van der Waals surface area contributed by atoms with Gasteiger partial charge in [-0.2, -0.15) is 0 Å². The lowest BCUT2D eigenvalue weighted by Gasteiger charge is -2.10. The molecule has 0 fully saturated rings. The molecule has 1 aromatic carbocycles. The fraction of sp³-hybridized carbons (Fsp3) is 0.417. The van der Waals surface area contributed by atoms with Gasteiger partial charge in [0, 0.05) is 17.8 Å². The molecule has 1 aromatic heterocycles. The van der Waals surface area contributed by atoms with Gasteiger partial charge in [-0.25, -0.2) is 4.68 Å². The summed E-state index contributed by atoms with van der Waals surface area (Å²) < 4.78 is 1.83. The Morgan fingerprint density at radius 2 is 2.12 bits per heavy atom. The van der Waals surface area contributed by atoms with Gasteiger partial charge in [0.25, 0.3) is 0 Å². The van der Waals surface area contributed by atoms with Crippen LogP contribution in [-0.2, 0) is 6.54 Å². The number of nitrogens with zero attached hydrogens (tertiary/aromatic N) is 4. The summed E-state index contributed by atoms with van der Waals surface area (Å²) in [6, 6.07) is 5.80. The molecule has 90 valence electrons. The minimum absolute atomic E-state index is 0.499. The average molecular weight is 231 g/mol. The van der Waals surface area contributed by atoms with Gasteiger partial charge in [-0.15, -0.1) is 5.10 Å². The number of hydrogen-bond donors (Lipinski definition) is 1. The number of anilines is 1. The Hall–Kier alpha value is -1.91. The first-order valence-electron chi connectivity index (χ1n) is 5.71. The second-order valence-electron chi connectivity index (χ2n) is 4.60. The Morgan fingerprint density at radius 1 is 1.35 bits per heavy atom. The second kappa shape index (κ2) is 4.53. The maximum Gasteiger partial charge on any atom is 0.182 e. The van der Waals surface area contributed by atoms with Crippen molar-refractivity contribution in [3.8, 4) is 11.4 Å². The molecule has 0 bridgehead atoms. The molecule has 0 atom stereocenters. The van der Waals surface area contributed by atoms with Crippen molar-refractivity contribution in [2.75, 3.05) is 5.73 Å². The number of nitrogen functional groups attached to an aromatic ring is 1. The maximum atomic E-state index is 5.90. The van der Waals surface area contributed by atoms with Crippen molar-refractivity contribution < 1.29 is 0 Å². The van der Waals surface area contributed by atoms with E-state index in [1.807, 2.05) is 29.8 Å². The van der Waals surface area contributed by atoms with E-state index in [4.69, 9.17) is 5.73 Å². The van der Waals surface area contributed by atoms with Crippen LogP contribution in [0.25, 0.3) is 11.4 Å². The molecule has 2 N–H and O–H groups in total. The van der Waals surface area contributed by atoms with E-state index in [2.05, 4.69) is 29.4 Å². The molecule has 0 spiro atoms. The molecule has 2 aromatic rings. The number of rotatable bonds is 3. The van der Waals surface area contributed by atoms with Crippen LogP contribution in [0.15, 0.2) is 18.2 Å². The summed E-state index contributed by atoms with van der Waals surface area (Å²) in [5, 5.41) is 11.9. The quantitative estimate of drug-likeness (QED) is 0.819. The van der Waals surface area contributed by atoms with Crippen LogP contribution < -0.4 is 5.73 Å². The summed E-state index contributed by atoms with van der Waals surface area (Å²) in [6.07, 6.45) is 0. The first-order chi connectivity index (χ1) is 8.09. The molecule has 5 heteroatoms. The van der Waals surface area contributed by atoms with Gasteiger partial charge in [0.15, 0.2) is 5.82 Å². The zero-order valence-electron chi connectivity index (χ0n) is 10.4. The fourth-order valence-corrected chi connectivity index (χ4v) is 1.76. The van der Waals surface area contributed by atoms with Crippen LogP contribution >= 0.6 is 0 Å². The van der Waals surface area contributed by atoms with Crippen LogP contribution in [0.4, 0.5) is 5.69 Å². The first kappa shape index (κ1) is 11.6. The van der Waals surface area contributed by atoms with E-state index >= 15 is 0 Å². The monoisotopic (exact) mass is 231 g/mol. The highest BCUT2D eigenvalue weighted by atomic mass is 15.5. The Bertz CT molecular complexity index is 515. The van der Waals surface area contributed by atoms with E-state index in [0.717, 1.165) is 29.2 Å². The Labute approximate surface area is 101 Å². The predicted molar refractivity (Wildman–Crippen MR) is 67.2 cm³/mol. The van der Waals surface area contributed by atoms with Crippen molar-refractivity contribution >= 4 is 5.69 Å². The second-order valence-corrected chi connectivity index (χ2v) is 4.60. The third kappa shape index (κ3) is 2.27. The predicted octanol–water partition coefficient (Wildman–Crippen LogP) is 1.89. The van der Waals surface area contributed by atoms with Gasteiger partial charge in [-0.05, 0) is 34.9 Å². The molecule has 2 rings (SSSR count). The Morgan fingerprint density at radius 3 is 2.82 bits per heavy atom. The van der Waals surface area contributed by atoms with Crippen molar-refractivity contribution in [2.45, 2.75) is 27.3 Å². The van der Waals surface area contributed by atoms with E-state index in [-0.39, 0.29) is 0 Å². The highest BCUT2D eigenvalue weighted by Crippen LogP contribution is 2.24. The van der Waals surface area contributed by atoms with E-state index < -0.39 is 0 Å².